The predicted molar refractivity (Wildman–Crippen MR) is 77.2 cm³/mol. The van der Waals surface area contributed by atoms with Crippen LogP contribution in [0.3, 0.4) is 0 Å². The first kappa shape index (κ1) is 12.1. The Labute approximate surface area is 115 Å². The third-order valence-corrected chi connectivity index (χ3v) is 4.29. The molecule has 2 aromatic carbocycles. The first-order chi connectivity index (χ1) is 9.25. The van der Waals surface area contributed by atoms with E-state index in [4.69, 9.17) is 0 Å². The third-order valence-electron chi connectivity index (χ3n) is 3.08. The summed E-state index contributed by atoms with van der Waals surface area (Å²) >= 11 is 1.62. The van der Waals surface area contributed by atoms with Crippen LogP contribution >= 0.6 is 11.8 Å². The summed E-state index contributed by atoms with van der Waals surface area (Å²) in [5.41, 5.74) is 1.94. The van der Waals surface area contributed by atoms with Crippen molar-refractivity contribution in [2.75, 3.05) is 10.7 Å². The van der Waals surface area contributed by atoms with Crippen molar-refractivity contribution < 1.29 is 9.90 Å². The summed E-state index contributed by atoms with van der Waals surface area (Å²) in [6, 6.07) is 16.7. The van der Waals surface area contributed by atoms with Crippen molar-refractivity contribution in [3.63, 3.8) is 0 Å². The van der Waals surface area contributed by atoms with Crippen LogP contribution in [0.2, 0.25) is 0 Å². The molecule has 1 atom stereocenters. The quantitative estimate of drug-likeness (QED) is 0.912. The van der Waals surface area contributed by atoms with Crippen molar-refractivity contribution in [1.29, 1.82) is 0 Å². The lowest BCUT2D eigenvalue weighted by Crippen LogP contribution is -2.27. The molecule has 19 heavy (non-hydrogen) atoms. The van der Waals surface area contributed by atoms with Crippen LogP contribution in [0.4, 0.5) is 5.69 Å². The molecule has 1 aliphatic rings. The van der Waals surface area contributed by atoms with Crippen molar-refractivity contribution in [3.8, 4) is 5.75 Å². The monoisotopic (exact) mass is 271 g/mol. The second-order valence-electron chi connectivity index (χ2n) is 4.35. The molecule has 96 valence electrons. The molecule has 1 heterocycles. The number of hydrogen-bond donors (Lipinski definition) is 1. The summed E-state index contributed by atoms with van der Waals surface area (Å²) in [6.07, 6.45) is 0. The molecule has 0 spiro atoms. The van der Waals surface area contributed by atoms with Crippen LogP contribution in [0, 0.1) is 0 Å². The third kappa shape index (κ3) is 2.31. The molecule has 0 unspecified atom stereocenters. The highest BCUT2D eigenvalue weighted by Gasteiger charge is 2.33. The van der Waals surface area contributed by atoms with Crippen LogP contribution in [-0.2, 0) is 4.79 Å². The maximum absolute atomic E-state index is 12.1. The van der Waals surface area contributed by atoms with E-state index in [1.165, 1.54) is 0 Å². The fourth-order valence-electron chi connectivity index (χ4n) is 2.18. The van der Waals surface area contributed by atoms with Crippen LogP contribution in [0.5, 0.6) is 5.75 Å². The number of rotatable bonds is 2. The van der Waals surface area contributed by atoms with Crippen LogP contribution < -0.4 is 4.90 Å². The highest BCUT2D eigenvalue weighted by atomic mass is 32.2. The molecule has 4 heteroatoms. The molecular weight excluding hydrogens is 258 g/mol. The number of carbonyl (C=O) groups is 1. The minimum Gasteiger partial charge on any atom is -0.508 e. The molecule has 0 saturated carbocycles. The number of hydrogen-bond acceptors (Lipinski definition) is 3. The molecule has 1 saturated heterocycles. The number of phenols is 1. The van der Waals surface area contributed by atoms with Gasteiger partial charge in [-0.3, -0.25) is 9.69 Å². The maximum Gasteiger partial charge on any atom is 0.238 e. The Bertz CT molecular complexity index is 583. The SMILES string of the molecule is O=C1CS[C@H](c2ccccc2)N1c1ccc(O)cc1. The van der Waals surface area contributed by atoms with Crippen molar-refractivity contribution in [1.82, 2.24) is 0 Å². The van der Waals surface area contributed by atoms with E-state index in [2.05, 4.69) is 0 Å². The number of thioether (sulfide) groups is 1. The second kappa shape index (κ2) is 4.97. The van der Waals surface area contributed by atoms with Gasteiger partial charge in [-0.25, -0.2) is 0 Å². The zero-order chi connectivity index (χ0) is 13.2. The summed E-state index contributed by atoms with van der Waals surface area (Å²) in [5, 5.41) is 9.35. The van der Waals surface area contributed by atoms with E-state index in [1.807, 2.05) is 30.3 Å². The topological polar surface area (TPSA) is 40.5 Å². The normalized spacial score (nSPS) is 18.8. The lowest BCUT2D eigenvalue weighted by molar-refractivity contribution is -0.115. The minimum atomic E-state index is 0.0123. The van der Waals surface area contributed by atoms with Gasteiger partial charge in [-0.15, -0.1) is 11.8 Å². The number of benzene rings is 2. The number of carbonyl (C=O) groups excluding carboxylic acids is 1. The Balaban J connectivity index is 1.97. The summed E-state index contributed by atoms with van der Waals surface area (Å²) in [5.74, 6) is 0.796. The number of anilines is 1. The van der Waals surface area contributed by atoms with Gasteiger partial charge in [0.1, 0.15) is 11.1 Å². The van der Waals surface area contributed by atoms with E-state index in [9.17, 15) is 9.90 Å². The summed E-state index contributed by atoms with van der Waals surface area (Å²) in [4.78, 5) is 13.9. The van der Waals surface area contributed by atoms with Gasteiger partial charge in [-0.05, 0) is 29.8 Å². The predicted octanol–water partition coefficient (Wildman–Crippen LogP) is 3.17. The standard InChI is InChI=1S/C15H13NO2S/c17-13-8-6-12(7-9-13)16-14(18)10-19-15(16)11-4-2-1-3-5-11/h1-9,15,17H,10H2/t15-/m1/s1. The van der Waals surface area contributed by atoms with Gasteiger partial charge in [0.05, 0.1) is 5.75 Å². The van der Waals surface area contributed by atoms with Gasteiger partial charge in [0.15, 0.2) is 0 Å². The molecule has 1 amide bonds. The molecule has 3 nitrogen and oxygen atoms in total. The van der Waals surface area contributed by atoms with Gasteiger partial charge < -0.3 is 5.11 Å². The summed E-state index contributed by atoms with van der Waals surface area (Å²) in [7, 11) is 0. The number of amides is 1. The highest BCUT2D eigenvalue weighted by molar-refractivity contribution is 8.00. The van der Waals surface area contributed by atoms with Gasteiger partial charge in [-0.1, -0.05) is 30.3 Å². The molecule has 0 aliphatic carbocycles. The van der Waals surface area contributed by atoms with E-state index < -0.39 is 0 Å². The van der Waals surface area contributed by atoms with E-state index >= 15 is 0 Å². The van der Waals surface area contributed by atoms with Gasteiger partial charge in [-0.2, -0.15) is 0 Å². The van der Waals surface area contributed by atoms with E-state index in [0.29, 0.717) is 5.75 Å². The summed E-state index contributed by atoms with van der Waals surface area (Å²) < 4.78 is 0. The van der Waals surface area contributed by atoms with Crippen LogP contribution in [-0.4, -0.2) is 16.8 Å². The largest absolute Gasteiger partial charge is 0.508 e. The van der Waals surface area contributed by atoms with E-state index in [0.717, 1.165) is 11.3 Å². The Morgan fingerprint density at radius 1 is 1.05 bits per heavy atom. The van der Waals surface area contributed by atoms with Gasteiger partial charge >= 0.3 is 0 Å². The molecule has 0 aromatic heterocycles. The molecular formula is C15H13NO2S. The number of nitrogens with zero attached hydrogens (tertiary/aromatic N) is 1. The smallest absolute Gasteiger partial charge is 0.238 e. The van der Waals surface area contributed by atoms with Crippen molar-refractivity contribution in [2.45, 2.75) is 5.37 Å². The van der Waals surface area contributed by atoms with E-state index in [-0.39, 0.29) is 17.0 Å². The zero-order valence-electron chi connectivity index (χ0n) is 10.2. The van der Waals surface area contributed by atoms with E-state index in [1.54, 1.807) is 40.9 Å². The molecule has 0 radical (unpaired) electrons. The average Bonchev–Trinajstić information content (AvgIpc) is 2.83. The number of aromatic hydroxyl groups is 1. The van der Waals surface area contributed by atoms with Crippen LogP contribution in [0.1, 0.15) is 10.9 Å². The molecule has 1 N–H and O–H groups in total. The van der Waals surface area contributed by atoms with Crippen molar-refractivity contribution in [2.24, 2.45) is 0 Å². The zero-order valence-corrected chi connectivity index (χ0v) is 11.0. The van der Waals surface area contributed by atoms with Crippen LogP contribution in [0.15, 0.2) is 54.6 Å². The first-order valence-corrected chi connectivity index (χ1v) is 7.08. The highest BCUT2D eigenvalue weighted by Crippen LogP contribution is 2.41. The molecule has 3 rings (SSSR count). The van der Waals surface area contributed by atoms with Crippen LogP contribution in [0.25, 0.3) is 0 Å². The summed E-state index contributed by atoms with van der Waals surface area (Å²) in [6.45, 7) is 0. The van der Waals surface area contributed by atoms with Gasteiger partial charge in [0, 0.05) is 5.69 Å². The minimum absolute atomic E-state index is 0.0123. The fraction of sp³-hybridized carbons (Fsp3) is 0.133. The first-order valence-electron chi connectivity index (χ1n) is 6.03. The maximum atomic E-state index is 12.1. The second-order valence-corrected chi connectivity index (χ2v) is 5.42. The Morgan fingerprint density at radius 3 is 2.42 bits per heavy atom. The van der Waals surface area contributed by atoms with Crippen molar-refractivity contribution in [3.05, 3.63) is 60.2 Å². The Morgan fingerprint density at radius 2 is 1.74 bits per heavy atom. The Kier molecular flexibility index (Phi) is 3.17. The van der Waals surface area contributed by atoms with Gasteiger partial charge in [0.2, 0.25) is 5.91 Å². The van der Waals surface area contributed by atoms with Gasteiger partial charge in [0.25, 0.3) is 0 Å². The Hall–Kier alpha value is -1.94. The van der Waals surface area contributed by atoms with Crippen molar-refractivity contribution >= 4 is 23.4 Å². The molecule has 2 aromatic rings. The molecule has 0 bridgehead atoms. The number of phenolic OH excluding ortho intramolecular Hbond substituents is 1. The fourth-order valence-corrected chi connectivity index (χ4v) is 3.36. The molecule has 1 fully saturated rings. The average molecular weight is 271 g/mol. The lowest BCUT2D eigenvalue weighted by atomic mass is 10.2. The lowest BCUT2D eigenvalue weighted by Gasteiger charge is -2.24. The molecule has 1 aliphatic heterocycles.